The molecule has 36 nitrogen and oxygen atoms in total. The van der Waals surface area contributed by atoms with E-state index in [-0.39, 0.29) is 82.5 Å². The van der Waals surface area contributed by atoms with Crippen molar-refractivity contribution in [1.29, 1.82) is 6.54 Å². The van der Waals surface area contributed by atoms with E-state index >= 15 is 0 Å². The number of hydrogen-bond acceptors (Lipinski definition) is 29. The van der Waals surface area contributed by atoms with Gasteiger partial charge in [0, 0.05) is 12.1 Å². The van der Waals surface area contributed by atoms with Gasteiger partial charge in [0.2, 0.25) is 5.60 Å². The Kier molecular flexibility index (Phi) is 51.5. The van der Waals surface area contributed by atoms with E-state index in [0.717, 1.165) is 54.6 Å². The first kappa shape index (κ1) is 103. The van der Waals surface area contributed by atoms with Gasteiger partial charge in [-0.1, -0.05) is 128 Å². The zero-order valence-corrected chi connectivity index (χ0v) is 73.9. The van der Waals surface area contributed by atoms with Crippen molar-refractivity contribution in [2.45, 2.75) is 200 Å². The summed E-state index contributed by atoms with van der Waals surface area (Å²) in [7, 11) is -7.78. The molecule has 0 radical (unpaired) electrons. The van der Waals surface area contributed by atoms with Gasteiger partial charge < -0.3 is 61.3 Å². The summed E-state index contributed by atoms with van der Waals surface area (Å²) in [6, 6.07) is 3.25. The van der Waals surface area contributed by atoms with Gasteiger partial charge in [0.15, 0.2) is 36.0 Å². The van der Waals surface area contributed by atoms with E-state index in [9.17, 15) is 67.6 Å². The maximum atomic E-state index is 14.3. The van der Waals surface area contributed by atoms with Crippen molar-refractivity contribution in [2.24, 2.45) is 0 Å². The number of nitrogens with zero attached hydrogens (tertiary/aromatic N) is 8. The molecule has 0 aliphatic carbocycles. The van der Waals surface area contributed by atoms with E-state index in [1.54, 1.807) is 0 Å². The van der Waals surface area contributed by atoms with Crippen molar-refractivity contribution < 1.29 is 125 Å². The molecule has 20 atom stereocenters. The SMILES string of the molecule is C.CCCCCCCC.CCCCCCCC.CCCCNP(NCCCC)(OO)(OOO)[P+](=O)[O-].N#C[C@]1(COP(=O)(O)OP(=O)(O)OP(=O)(O)O)O[C@@H](c2cc(F)c3c(N)ncnn23)[C@H](O)[C@@H]1O.[3H]P(P(P)PP)P(P(P)P)P(P)P.[C-]#[N+][C@]1(CO)O[C@@H](c2cc(F)c3c(N)ncnn23)[C@H](O)[C@@H]1O. The third kappa shape index (κ3) is 32.5. The molecule has 4 aromatic heterocycles. The number of ether oxygens (including phenoxy) is 2. The van der Waals surface area contributed by atoms with Crippen LogP contribution in [0.25, 0.3) is 15.9 Å². The summed E-state index contributed by atoms with van der Waals surface area (Å²) in [5.74, 6) is -2.07. The molecular weight excluding hydrogens is 1710 g/mol. The van der Waals surface area contributed by atoms with E-state index in [4.69, 9.17) is 54.0 Å². The molecule has 0 amide bonds. The van der Waals surface area contributed by atoms with Crippen LogP contribution >= 0.6 is 136 Å². The smallest absolute Gasteiger partial charge is 0.387 e. The molecule has 602 valence electrons. The molecule has 2 aliphatic rings. The summed E-state index contributed by atoms with van der Waals surface area (Å²) >= 11 is 0. The Morgan fingerprint density at radius 3 is 1.51 bits per heavy atom. The fourth-order valence-electron chi connectivity index (χ4n) is 8.90. The van der Waals surface area contributed by atoms with Crippen molar-refractivity contribution in [3.8, 4) is 6.07 Å². The third-order valence-corrected chi connectivity index (χ3v) is 81.5. The molecule has 0 aromatic carbocycles. The Morgan fingerprint density at radius 1 is 0.769 bits per heavy atom. The standard InChI is InChI=1S/C12H15FN5O13P3.C12H12FN5O4.C8H22N2O7P2.2C8H18.CH4.H14P12/c13-5-1-6(18-7(5)11(15)16-4-17-18)9-8(19)10(20)12(2-14,29-9)3-28-33(24,25)31-34(26,27)30-32(21,22)23;1-15-12(3-19)10(21)8(20)9(22-12)6-2-5(13)7-11(14)16-4-17-18(6)7;1-3-5-7-9-19(16-12,17-15-11,18(13)14)10-8-6-4-2;2*1-3-5-7-8-6-4-2;;1-7-11(6)8-12(9(2)3)10(4)5/h1,4,8-10,19-20H,3H2,(H,24,25)(H,26,27)(H2,15,16,17)(H2,21,22,23);2,4,8-10,19-21H,3H2,(H2,14,16,17);9-12H,3-8H2,1-2H3;2*3-8H2,1-2H3;1H4;7-8H,1-6H2/t2*8-,9-,10-,12+;;;;;/m00...../s1/i;;;;;;8T. The number of nitrogens with two attached hydrogens (primary N) is 2. The van der Waals surface area contributed by atoms with Crippen molar-refractivity contribution in [1.82, 2.24) is 39.4 Å². The van der Waals surface area contributed by atoms with Crippen LogP contribution in [-0.4, -0.2) is 148 Å². The van der Waals surface area contributed by atoms with Crippen LogP contribution in [0.2, 0.25) is 0 Å². The van der Waals surface area contributed by atoms with Crippen molar-refractivity contribution >= 4 is 158 Å². The molecule has 55 heteroatoms. The summed E-state index contributed by atoms with van der Waals surface area (Å²) in [6.07, 6.45) is 11.6. The normalized spacial score (nSPS) is 22.6. The largest absolute Gasteiger partial charge is 0.490 e. The minimum absolute atomic E-state index is 0. The third-order valence-electron chi connectivity index (χ3n) is 14.1. The van der Waals surface area contributed by atoms with Crippen molar-refractivity contribution in [2.75, 3.05) is 37.8 Å². The number of aliphatic hydroxyl groups excluding tert-OH is 5. The second-order valence-electron chi connectivity index (χ2n) is 21.9. The molecule has 0 bridgehead atoms. The fraction of sp³-hybridized carbons (Fsp3) is 0.714. The van der Waals surface area contributed by atoms with Gasteiger partial charge in [-0.05, 0) is 27.9 Å². The molecule has 2 saturated heterocycles. The summed E-state index contributed by atoms with van der Waals surface area (Å²) < 4.78 is 115. The number of phosphoric acid groups is 3. The number of unbranched alkanes of at least 4 members (excludes halogenated alkanes) is 12. The minimum Gasteiger partial charge on any atom is -0.387 e. The number of halogens is 2. The number of nitriles is 1. The Morgan fingerprint density at radius 2 is 1.18 bits per heavy atom. The number of aliphatic hydroxyl groups is 5. The second-order valence-corrected chi connectivity index (χ2v) is 74.1. The molecule has 6 heterocycles. The molecule has 2 aliphatic heterocycles. The zero-order valence-electron chi connectivity index (χ0n) is 58.1. The minimum atomic E-state index is -5.85. The number of rotatable bonds is 37. The molecule has 12 unspecified atom stereocenters. The molecule has 2 fully saturated rings. The molecule has 6 rings (SSSR count). The van der Waals surface area contributed by atoms with Gasteiger partial charge in [-0.25, -0.2) is 48.0 Å². The molecule has 4 aromatic rings. The summed E-state index contributed by atoms with van der Waals surface area (Å²) in [5.41, 5.74) is 5.91. The molecule has 0 spiro atoms. The molecule has 104 heavy (non-hydrogen) atoms. The Bertz CT molecular complexity index is 3430. The van der Waals surface area contributed by atoms with E-state index in [1.165, 1.54) is 83.1 Å². The fourth-order valence-corrected chi connectivity index (χ4v) is 93.9. The molecule has 0 saturated carbocycles. The van der Waals surface area contributed by atoms with Gasteiger partial charge in [-0.2, -0.15) is 24.1 Å². The average Bonchev–Trinajstić information content (AvgIpc) is 1.72. The molecular formula is C49H103F2N12O24P17. The van der Waals surface area contributed by atoms with E-state index in [2.05, 4.69) is 144 Å². The van der Waals surface area contributed by atoms with E-state index in [1.807, 2.05) is 13.8 Å². The quantitative estimate of drug-likeness (QED) is 0.00655. The summed E-state index contributed by atoms with van der Waals surface area (Å²) in [5, 5.41) is 93.2. The van der Waals surface area contributed by atoms with Gasteiger partial charge in [-0.15, -0.1) is 53.6 Å². The van der Waals surface area contributed by atoms with Gasteiger partial charge in [0.1, 0.15) is 66.9 Å². The molecule has 17 N–H and O–H groups in total. The van der Waals surface area contributed by atoms with Crippen LogP contribution < -0.4 is 26.5 Å². The van der Waals surface area contributed by atoms with Crippen molar-refractivity contribution in [3.05, 3.63) is 59.2 Å². The van der Waals surface area contributed by atoms with Gasteiger partial charge >= 0.3 is 141 Å². The average molecular weight is 1810 g/mol. The number of phosphoric ester groups is 1. The Labute approximate surface area is 628 Å². The second kappa shape index (κ2) is 51.9. The topological polar surface area (TPSA) is 552 Å². The first-order valence-corrected chi connectivity index (χ1v) is 60.5. The predicted molar refractivity (Wildman–Crippen MR) is 427 cm³/mol. The van der Waals surface area contributed by atoms with Crippen LogP contribution in [0.3, 0.4) is 0 Å². The van der Waals surface area contributed by atoms with Crippen LogP contribution in [0, 0.1) is 29.5 Å². The van der Waals surface area contributed by atoms with Crippen molar-refractivity contribution in [3.63, 3.8) is 0 Å². The number of nitrogens with one attached hydrogen (secondary N) is 2. The number of nitrogen functional groups attached to an aromatic ring is 2. The van der Waals surface area contributed by atoms with E-state index < -0.39 is 119 Å². The number of anilines is 2. The number of fused-ring (bicyclic) bond motifs is 2. The first-order chi connectivity index (χ1) is 48.7. The maximum Gasteiger partial charge on any atom is 0.490 e. The van der Waals surface area contributed by atoms with Gasteiger partial charge in [0.05, 0.1) is 12.7 Å². The number of aromatic nitrogens is 6. The van der Waals surface area contributed by atoms with E-state index in [0.29, 0.717) is 12.8 Å². The Balaban J connectivity index is 0.00000133. The van der Waals surface area contributed by atoms with Crippen LogP contribution in [0.15, 0.2) is 24.8 Å². The summed E-state index contributed by atoms with van der Waals surface area (Å²) in [6.45, 7) is 17.8. The van der Waals surface area contributed by atoms with Gasteiger partial charge in [0.25, 0.3) is 0 Å². The summed E-state index contributed by atoms with van der Waals surface area (Å²) in [4.78, 5) is 57.6. The maximum absolute atomic E-state index is 14.3. The van der Waals surface area contributed by atoms with Crippen LogP contribution in [-0.2, 0) is 55.3 Å². The number of hydrogen-bond donors (Lipinski definition) is 15. The van der Waals surface area contributed by atoms with Gasteiger partial charge in [-0.3, -0.25) is 14.1 Å². The zero-order chi connectivity index (χ0) is 79.6. The monoisotopic (exact) mass is 1810 g/mol. The Hall–Kier alpha value is 1.18. The van der Waals surface area contributed by atoms with Crippen LogP contribution in [0.4, 0.5) is 20.4 Å². The predicted octanol–water partition coefficient (Wildman–Crippen LogP) is 13.6. The van der Waals surface area contributed by atoms with Crippen LogP contribution in [0.1, 0.15) is 175 Å². The first-order valence-electron chi connectivity index (χ1n) is 31.7. The van der Waals surface area contributed by atoms with Crippen LogP contribution in [0.5, 0.6) is 0 Å².